The zero-order chi connectivity index (χ0) is 26.2. The number of carbonyl (C=O) groups excluding carboxylic acids is 1. The van der Waals surface area contributed by atoms with E-state index in [9.17, 15) is 31.5 Å². The van der Waals surface area contributed by atoms with Gasteiger partial charge < -0.3 is 10.8 Å². The summed E-state index contributed by atoms with van der Waals surface area (Å²) in [5.41, 5.74) is 2.69. The molecule has 3 N–H and O–H groups in total. The highest BCUT2D eigenvalue weighted by molar-refractivity contribution is 7.93. The Morgan fingerprint density at radius 3 is 2.00 bits per heavy atom. The zero-order valence-electron chi connectivity index (χ0n) is 19.9. The van der Waals surface area contributed by atoms with Crippen LogP contribution in [-0.4, -0.2) is 30.3 Å². The zero-order valence-corrected chi connectivity index (χ0v) is 20.7. The number of nitrogens with zero attached hydrogens (tertiary/aromatic N) is 1. The summed E-state index contributed by atoms with van der Waals surface area (Å²) in [6.07, 6.45) is -3.73. The lowest BCUT2D eigenvalue weighted by atomic mass is 9.75. The van der Waals surface area contributed by atoms with Gasteiger partial charge in [-0.15, -0.1) is 0 Å². The smallest absolute Gasteiger partial charge is 0.388 e. The van der Waals surface area contributed by atoms with Crippen molar-refractivity contribution in [3.63, 3.8) is 0 Å². The van der Waals surface area contributed by atoms with Crippen molar-refractivity contribution in [3.05, 3.63) is 65.7 Å². The second-order valence-corrected chi connectivity index (χ2v) is 12.1. The van der Waals surface area contributed by atoms with Gasteiger partial charge in [0.2, 0.25) is 15.9 Å². The van der Waals surface area contributed by atoms with Crippen LogP contribution in [0.4, 0.5) is 18.9 Å². The largest absolute Gasteiger partial charge is 0.416 e. The molecule has 2 aromatic rings. The number of halogens is 3. The molecular formula is C25H31F3N2O4S. The number of primary amides is 1. The predicted octanol–water partition coefficient (Wildman–Crippen LogP) is 4.79. The average Bonchev–Trinajstić information content (AvgIpc) is 2.76. The highest BCUT2D eigenvalue weighted by Crippen LogP contribution is 2.44. The summed E-state index contributed by atoms with van der Waals surface area (Å²) in [5.74, 6) is -0.494. The molecule has 2 aromatic carbocycles. The monoisotopic (exact) mass is 512 g/mol. The normalized spacial score (nSPS) is 22.4. The minimum absolute atomic E-state index is 0.0113. The number of alkyl halides is 3. The molecule has 0 spiro atoms. The third-order valence-electron chi connectivity index (χ3n) is 6.79. The molecule has 35 heavy (non-hydrogen) atoms. The van der Waals surface area contributed by atoms with Crippen LogP contribution in [0.5, 0.6) is 0 Å². The number of amides is 1. The quantitative estimate of drug-likeness (QED) is 0.557. The maximum atomic E-state index is 14.1. The van der Waals surface area contributed by atoms with Gasteiger partial charge in [-0.25, -0.2) is 8.42 Å². The SMILES string of the molecule is CC1(C(N)=O)CCC(S(=O)(=O)N(c2ccc(C(F)(F)F)cc2)[C@@H](c2ccccc2)C(C)(C)O)CC1. The van der Waals surface area contributed by atoms with Gasteiger partial charge in [0.1, 0.15) is 0 Å². The van der Waals surface area contributed by atoms with Crippen LogP contribution in [0.1, 0.15) is 63.6 Å². The summed E-state index contributed by atoms with van der Waals surface area (Å²) < 4.78 is 68.8. The number of benzene rings is 2. The summed E-state index contributed by atoms with van der Waals surface area (Å²) in [5, 5.41) is 10.2. The van der Waals surface area contributed by atoms with E-state index in [1.165, 1.54) is 13.8 Å². The number of hydrogen-bond donors (Lipinski definition) is 2. The Labute approximate surface area is 204 Å². The van der Waals surface area contributed by atoms with Crippen molar-refractivity contribution < 1.29 is 31.5 Å². The van der Waals surface area contributed by atoms with E-state index >= 15 is 0 Å². The van der Waals surface area contributed by atoms with E-state index in [-0.39, 0.29) is 31.4 Å². The summed E-state index contributed by atoms with van der Waals surface area (Å²) in [4.78, 5) is 11.9. The van der Waals surface area contributed by atoms with E-state index in [1.807, 2.05) is 0 Å². The number of sulfonamides is 1. The maximum absolute atomic E-state index is 14.1. The molecule has 0 aliphatic heterocycles. The van der Waals surface area contributed by atoms with Gasteiger partial charge in [-0.3, -0.25) is 9.10 Å². The van der Waals surface area contributed by atoms with Gasteiger partial charge in [0, 0.05) is 5.41 Å². The van der Waals surface area contributed by atoms with Crippen LogP contribution in [0.3, 0.4) is 0 Å². The van der Waals surface area contributed by atoms with Crippen molar-refractivity contribution in [2.45, 2.75) is 69.5 Å². The Hall–Kier alpha value is -2.59. The van der Waals surface area contributed by atoms with Crippen molar-refractivity contribution >= 4 is 21.6 Å². The van der Waals surface area contributed by atoms with Gasteiger partial charge in [-0.2, -0.15) is 13.2 Å². The van der Waals surface area contributed by atoms with Crippen LogP contribution in [0.25, 0.3) is 0 Å². The minimum atomic E-state index is -4.58. The van der Waals surface area contributed by atoms with Crippen LogP contribution in [-0.2, 0) is 21.0 Å². The first-order valence-electron chi connectivity index (χ1n) is 11.3. The lowest BCUT2D eigenvalue weighted by Crippen LogP contribution is -2.50. The Balaban J connectivity index is 2.13. The van der Waals surface area contributed by atoms with Crippen LogP contribution in [0, 0.1) is 5.41 Å². The molecule has 0 bridgehead atoms. The lowest BCUT2D eigenvalue weighted by molar-refractivity contribution is -0.137. The molecule has 1 amide bonds. The molecule has 0 unspecified atom stereocenters. The highest BCUT2D eigenvalue weighted by atomic mass is 32.2. The van der Waals surface area contributed by atoms with Crippen molar-refractivity contribution in [1.82, 2.24) is 0 Å². The van der Waals surface area contributed by atoms with E-state index < -0.39 is 50.0 Å². The molecule has 6 nitrogen and oxygen atoms in total. The molecule has 10 heteroatoms. The topological polar surface area (TPSA) is 101 Å². The number of nitrogens with two attached hydrogens (primary N) is 1. The van der Waals surface area contributed by atoms with E-state index in [0.29, 0.717) is 5.56 Å². The molecule has 0 aromatic heterocycles. The predicted molar refractivity (Wildman–Crippen MR) is 128 cm³/mol. The molecule has 1 aliphatic rings. The van der Waals surface area contributed by atoms with Gasteiger partial charge in [0.25, 0.3) is 0 Å². The molecule has 1 fully saturated rings. The molecule has 1 atom stereocenters. The van der Waals surface area contributed by atoms with Gasteiger partial charge in [0.05, 0.1) is 28.1 Å². The fourth-order valence-electron chi connectivity index (χ4n) is 4.64. The average molecular weight is 513 g/mol. The summed E-state index contributed by atoms with van der Waals surface area (Å²) in [7, 11) is -4.19. The van der Waals surface area contributed by atoms with Crippen LogP contribution >= 0.6 is 0 Å². The Morgan fingerprint density at radius 1 is 1.06 bits per heavy atom. The Bertz CT molecular complexity index is 1140. The van der Waals surface area contributed by atoms with Crippen molar-refractivity contribution in [2.24, 2.45) is 11.1 Å². The summed E-state index contributed by atoms with van der Waals surface area (Å²) in [6.45, 7) is 4.63. The van der Waals surface area contributed by atoms with Gasteiger partial charge in [-0.1, -0.05) is 37.3 Å². The summed E-state index contributed by atoms with van der Waals surface area (Å²) >= 11 is 0. The molecule has 3 rings (SSSR count). The maximum Gasteiger partial charge on any atom is 0.416 e. The molecule has 192 valence electrons. The van der Waals surface area contributed by atoms with E-state index in [0.717, 1.165) is 28.6 Å². The Kier molecular flexibility index (Phi) is 7.30. The first-order chi connectivity index (χ1) is 16.1. The van der Waals surface area contributed by atoms with Crippen LogP contribution in [0.15, 0.2) is 54.6 Å². The third-order valence-corrected chi connectivity index (χ3v) is 9.08. The second-order valence-electron chi connectivity index (χ2n) is 9.98. The fourth-order valence-corrected chi connectivity index (χ4v) is 6.88. The third kappa shape index (κ3) is 5.64. The molecule has 1 aliphatic carbocycles. The standard InChI is InChI=1S/C25H31F3N2O4S/c1-23(2,32)21(17-7-5-4-6-8-17)30(19-11-9-18(10-12-19)25(26,27)28)35(33,34)20-13-15-24(3,16-14-20)22(29)31/h4-12,20-21,32H,13-16H2,1-3H3,(H2,29,31)/t20?,21-,24?/m0/s1. The molecule has 0 heterocycles. The van der Waals surface area contributed by atoms with Gasteiger partial charge in [-0.05, 0) is 69.4 Å². The van der Waals surface area contributed by atoms with Crippen molar-refractivity contribution in [2.75, 3.05) is 4.31 Å². The number of anilines is 1. The van der Waals surface area contributed by atoms with E-state index in [2.05, 4.69) is 0 Å². The van der Waals surface area contributed by atoms with Crippen LogP contribution < -0.4 is 10.0 Å². The van der Waals surface area contributed by atoms with Gasteiger partial charge in [0.15, 0.2) is 0 Å². The van der Waals surface area contributed by atoms with Crippen molar-refractivity contribution in [3.8, 4) is 0 Å². The number of carbonyl (C=O) groups is 1. The second kappa shape index (κ2) is 9.46. The highest BCUT2D eigenvalue weighted by Gasteiger charge is 2.47. The molecular weight excluding hydrogens is 481 g/mol. The van der Waals surface area contributed by atoms with Gasteiger partial charge >= 0.3 is 6.18 Å². The van der Waals surface area contributed by atoms with Crippen LogP contribution in [0.2, 0.25) is 0 Å². The number of rotatable bonds is 7. The van der Waals surface area contributed by atoms with E-state index in [4.69, 9.17) is 5.73 Å². The fraction of sp³-hybridized carbons (Fsp3) is 0.480. The summed E-state index contributed by atoms with van der Waals surface area (Å²) in [6, 6.07) is 11.2. The first-order valence-corrected chi connectivity index (χ1v) is 12.9. The first kappa shape index (κ1) is 27.0. The molecule has 0 saturated heterocycles. The van der Waals surface area contributed by atoms with E-state index in [1.54, 1.807) is 37.3 Å². The van der Waals surface area contributed by atoms with Crippen molar-refractivity contribution in [1.29, 1.82) is 0 Å². The Morgan fingerprint density at radius 2 is 1.57 bits per heavy atom. The lowest BCUT2D eigenvalue weighted by Gasteiger charge is -2.43. The minimum Gasteiger partial charge on any atom is -0.388 e. The molecule has 1 saturated carbocycles. The number of aliphatic hydroxyl groups is 1. The number of hydrogen-bond acceptors (Lipinski definition) is 4. The molecule has 0 radical (unpaired) electrons.